The third kappa shape index (κ3) is 1.86. The van der Waals surface area contributed by atoms with Gasteiger partial charge in [0.25, 0.3) is 0 Å². The topological polar surface area (TPSA) is 67.0 Å². The summed E-state index contributed by atoms with van der Waals surface area (Å²) >= 11 is 0. The highest BCUT2D eigenvalue weighted by atomic mass is 32.2. The number of sulfone groups is 1. The predicted molar refractivity (Wildman–Crippen MR) is 62.4 cm³/mol. The van der Waals surface area contributed by atoms with Gasteiger partial charge in [0.2, 0.25) is 5.56 Å². The lowest BCUT2D eigenvalue weighted by atomic mass is 10.1. The van der Waals surface area contributed by atoms with Crippen LogP contribution >= 0.6 is 0 Å². The Morgan fingerprint density at radius 3 is 2.50 bits per heavy atom. The summed E-state index contributed by atoms with van der Waals surface area (Å²) < 4.78 is 23.0. The molecule has 0 fully saturated rings. The van der Waals surface area contributed by atoms with Gasteiger partial charge in [0.05, 0.1) is 4.90 Å². The Morgan fingerprint density at radius 1 is 1.19 bits per heavy atom. The second kappa shape index (κ2) is 3.45. The van der Waals surface area contributed by atoms with Crippen LogP contribution in [0.15, 0.2) is 34.0 Å². The largest absolute Gasteiger partial charge is 0.322 e. The van der Waals surface area contributed by atoms with E-state index in [2.05, 4.69) is 4.98 Å². The van der Waals surface area contributed by atoms with Crippen LogP contribution in [0.1, 0.15) is 5.56 Å². The molecular formula is C11H11NO3S. The van der Waals surface area contributed by atoms with E-state index in [-0.39, 0.29) is 5.56 Å². The number of pyridine rings is 1. The van der Waals surface area contributed by atoms with E-state index in [4.69, 9.17) is 0 Å². The van der Waals surface area contributed by atoms with Gasteiger partial charge in [0.1, 0.15) is 0 Å². The van der Waals surface area contributed by atoms with Crippen LogP contribution in [0, 0.1) is 6.92 Å². The van der Waals surface area contributed by atoms with Gasteiger partial charge in [-0.25, -0.2) is 8.42 Å². The molecule has 0 aliphatic heterocycles. The number of fused-ring (bicyclic) bond motifs is 1. The van der Waals surface area contributed by atoms with Crippen LogP contribution in [0.2, 0.25) is 0 Å². The molecule has 0 saturated carbocycles. The van der Waals surface area contributed by atoms with Crippen molar-refractivity contribution in [3.8, 4) is 0 Å². The van der Waals surface area contributed by atoms with Gasteiger partial charge >= 0.3 is 0 Å². The zero-order valence-electron chi connectivity index (χ0n) is 8.94. The Bertz CT molecular complexity index is 714. The van der Waals surface area contributed by atoms with Crippen LogP contribution in [0.5, 0.6) is 0 Å². The molecule has 0 radical (unpaired) electrons. The Labute approximate surface area is 92.8 Å². The van der Waals surface area contributed by atoms with Crippen molar-refractivity contribution in [3.05, 3.63) is 40.2 Å². The number of benzene rings is 1. The average Bonchev–Trinajstić information content (AvgIpc) is 2.14. The number of H-pyrrole nitrogens is 1. The minimum Gasteiger partial charge on any atom is -0.322 e. The second-order valence-corrected chi connectivity index (χ2v) is 5.78. The molecular weight excluding hydrogens is 226 g/mol. The molecule has 0 amide bonds. The molecule has 0 spiro atoms. The van der Waals surface area contributed by atoms with Gasteiger partial charge in [-0.05, 0) is 36.1 Å². The normalized spacial score (nSPS) is 11.9. The first-order valence-corrected chi connectivity index (χ1v) is 6.61. The van der Waals surface area contributed by atoms with Crippen molar-refractivity contribution in [2.24, 2.45) is 0 Å². The first kappa shape index (κ1) is 10.9. The van der Waals surface area contributed by atoms with E-state index in [1.165, 1.54) is 12.3 Å². The van der Waals surface area contributed by atoms with Gasteiger partial charge in [-0.1, -0.05) is 0 Å². The lowest BCUT2D eigenvalue weighted by Crippen LogP contribution is -2.05. The first-order chi connectivity index (χ1) is 7.38. The third-order valence-electron chi connectivity index (χ3n) is 2.42. The van der Waals surface area contributed by atoms with Crippen molar-refractivity contribution in [3.63, 3.8) is 0 Å². The van der Waals surface area contributed by atoms with E-state index in [0.717, 1.165) is 0 Å². The number of aromatic amines is 1. The third-order valence-corrected chi connectivity index (χ3v) is 3.66. The van der Waals surface area contributed by atoms with Gasteiger partial charge in [-0.3, -0.25) is 4.79 Å². The molecule has 0 aliphatic rings. The van der Waals surface area contributed by atoms with E-state index in [1.807, 2.05) is 0 Å². The first-order valence-electron chi connectivity index (χ1n) is 4.72. The molecule has 1 N–H and O–H groups in total. The minimum absolute atomic E-state index is 0.195. The fourth-order valence-corrected chi connectivity index (χ4v) is 2.67. The smallest absolute Gasteiger partial charge is 0.248 e. The van der Waals surface area contributed by atoms with E-state index < -0.39 is 9.84 Å². The highest BCUT2D eigenvalue weighted by Gasteiger charge is 2.11. The summed E-state index contributed by atoms with van der Waals surface area (Å²) in [5.74, 6) is 0. The lowest BCUT2D eigenvalue weighted by Gasteiger charge is -2.05. The zero-order valence-corrected chi connectivity index (χ0v) is 9.76. The molecule has 1 aromatic heterocycles. The zero-order chi connectivity index (χ0) is 11.9. The second-order valence-electron chi connectivity index (χ2n) is 3.80. The standard InChI is InChI=1S/C11H11NO3S/c1-7-5-9-8(3-4-11(13)12-9)6-10(7)16(2,14)15/h3-6H,1-2H3,(H,12,13). The van der Waals surface area contributed by atoms with Crippen LogP contribution in [0.3, 0.4) is 0 Å². The fourth-order valence-electron chi connectivity index (χ4n) is 1.69. The molecule has 1 heterocycles. The maximum absolute atomic E-state index is 11.5. The molecule has 0 bridgehead atoms. The highest BCUT2D eigenvalue weighted by molar-refractivity contribution is 7.90. The van der Waals surface area contributed by atoms with Crippen molar-refractivity contribution < 1.29 is 8.42 Å². The number of rotatable bonds is 1. The van der Waals surface area contributed by atoms with Crippen molar-refractivity contribution in [1.82, 2.24) is 4.98 Å². The van der Waals surface area contributed by atoms with Crippen LogP contribution in [-0.4, -0.2) is 19.7 Å². The summed E-state index contributed by atoms with van der Waals surface area (Å²) in [5.41, 5.74) is 1.09. The van der Waals surface area contributed by atoms with Crippen LogP contribution < -0.4 is 5.56 Å². The number of hydrogen-bond donors (Lipinski definition) is 1. The summed E-state index contributed by atoms with van der Waals surface area (Å²) in [5, 5.41) is 0.714. The van der Waals surface area contributed by atoms with Crippen molar-refractivity contribution in [2.45, 2.75) is 11.8 Å². The molecule has 2 aromatic rings. The fraction of sp³-hybridized carbons (Fsp3) is 0.182. The molecule has 4 nitrogen and oxygen atoms in total. The minimum atomic E-state index is -3.23. The summed E-state index contributed by atoms with van der Waals surface area (Å²) in [7, 11) is -3.23. The van der Waals surface area contributed by atoms with E-state index in [1.54, 1.807) is 25.1 Å². The Balaban J connectivity index is 2.88. The Kier molecular flexibility index (Phi) is 2.35. The summed E-state index contributed by atoms with van der Waals surface area (Å²) in [6.45, 7) is 1.71. The number of hydrogen-bond acceptors (Lipinski definition) is 3. The molecule has 0 atom stereocenters. The monoisotopic (exact) mass is 237 g/mol. The number of aryl methyl sites for hydroxylation is 1. The van der Waals surface area contributed by atoms with Crippen LogP contribution in [-0.2, 0) is 9.84 Å². The molecule has 1 aromatic carbocycles. The Hall–Kier alpha value is -1.62. The van der Waals surface area contributed by atoms with Gasteiger partial charge in [0.15, 0.2) is 9.84 Å². The molecule has 5 heteroatoms. The number of aromatic nitrogens is 1. The van der Waals surface area contributed by atoms with E-state index in [9.17, 15) is 13.2 Å². The van der Waals surface area contributed by atoms with Crippen LogP contribution in [0.25, 0.3) is 10.9 Å². The molecule has 16 heavy (non-hydrogen) atoms. The highest BCUT2D eigenvalue weighted by Crippen LogP contribution is 2.20. The quantitative estimate of drug-likeness (QED) is 0.811. The van der Waals surface area contributed by atoms with Crippen molar-refractivity contribution in [1.29, 1.82) is 0 Å². The summed E-state index contributed by atoms with van der Waals surface area (Å²) in [4.78, 5) is 14.1. The van der Waals surface area contributed by atoms with Gasteiger partial charge < -0.3 is 4.98 Å². The van der Waals surface area contributed by atoms with E-state index >= 15 is 0 Å². The van der Waals surface area contributed by atoms with Gasteiger partial charge in [-0.2, -0.15) is 0 Å². The SMILES string of the molecule is Cc1cc2[nH]c(=O)ccc2cc1S(C)(=O)=O. The maximum Gasteiger partial charge on any atom is 0.248 e. The maximum atomic E-state index is 11.5. The average molecular weight is 237 g/mol. The van der Waals surface area contributed by atoms with Gasteiger partial charge in [-0.15, -0.1) is 0 Å². The molecule has 84 valence electrons. The summed E-state index contributed by atoms with van der Waals surface area (Å²) in [6, 6.07) is 6.25. The van der Waals surface area contributed by atoms with Crippen molar-refractivity contribution in [2.75, 3.05) is 6.26 Å². The summed E-state index contributed by atoms with van der Waals surface area (Å²) in [6.07, 6.45) is 1.17. The lowest BCUT2D eigenvalue weighted by molar-refractivity contribution is 0.601. The number of nitrogens with one attached hydrogen (secondary N) is 1. The van der Waals surface area contributed by atoms with Gasteiger partial charge in [0, 0.05) is 17.8 Å². The molecule has 0 aliphatic carbocycles. The van der Waals surface area contributed by atoms with Crippen LogP contribution in [0.4, 0.5) is 0 Å². The Morgan fingerprint density at radius 2 is 1.88 bits per heavy atom. The van der Waals surface area contributed by atoms with E-state index in [0.29, 0.717) is 21.4 Å². The molecule has 0 unspecified atom stereocenters. The van der Waals surface area contributed by atoms with Crippen molar-refractivity contribution >= 4 is 20.7 Å². The molecule has 0 saturated heterocycles. The molecule has 2 rings (SSSR count). The predicted octanol–water partition coefficient (Wildman–Crippen LogP) is 1.24.